The molecule has 0 aliphatic heterocycles. The maximum atomic E-state index is 8.48. The molecule has 0 aliphatic rings. The van der Waals surface area contributed by atoms with E-state index in [9.17, 15) is 0 Å². The Morgan fingerprint density at radius 1 is 0.727 bits per heavy atom. The summed E-state index contributed by atoms with van der Waals surface area (Å²) in [5.74, 6) is 0. The maximum absolute atomic E-state index is 8.48. The van der Waals surface area contributed by atoms with E-state index >= 15 is 0 Å². The Hall–Kier alpha value is 0.0569. The number of hydrogen-bond acceptors (Lipinski definition) is 4. The smallest absolute Gasteiger partial charge is 0.0558 e. The Kier molecular flexibility index (Phi) is 12.5. The van der Waals surface area contributed by atoms with Gasteiger partial charge in [0.2, 0.25) is 0 Å². The Morgan fingerprint density at radius 2 is 1.00 bits per heavy atom. The third-order valence-corrected chi connectivity index (χ3v) is 1.25. The van der Waals surface area contributed by atoms with Gasteiger partial charge in [-0.15, -0.1) is 0 Å². The molecule has 0 saturated heterocycles. The van der Waals surface area contributed by atoms with Crippen molar-refractivity contribution in [1.29, 1.82) is 0 Å². The number of aliphatic hydroxyl groups is 3. The van der Waals surface area contributed by atoms with E-state index in [4.69, 9.17) is 15.3 Å². The quantitative estimate of drug-likeness (QED) is 0.378. The van der Waals surface area contributed by atoms with Crippen molar-refractivity contribution in [3.8, 4) is 0 Å². The van der Waals surface area contributed by atoms with Crippen molar-refractivity contribution in [2.45, 2.75) is 0 Å². The highest BCUT2D eigenvalue weighted by atomic mass is 28.1. The second-order valence-electron chi connectivity index (χ2n) is 2.01. The fraction of sp³-hybridized carbons (Fsp3) is 1.00. The van der Waals surface area contributed by atoms with Gasteiger partial charge in [0.25, 0.3) is 0 Å². The molecule has 0 aromatic heterocycles. The predicted octanol–water partition coefficient (Wildman–Crippen LogP) is -3.19. The monoisotopic (exact) mass is 181 g/mol. The summed E-state index contributed by atoms with van der Waals surface area (Å²) in [5, 5.41) is 25.5. The molecular weight excluding hydrogens is 162 g/mol. The minimum Gasteiger partial charge on any atom is -0.395 e. The minimum atomic E-state index is 0. The van der Waals surface area contributed by atoms with Crippen LogP contribution in [0.25, 0.3) is 0 Å². The molecule has 0 amide bonds. The SMILES string of the molecule is OCCN(CCO)CCO.[SiH4]. The average Bonchev–Trinajstić information content (AvgIpc) is 1.90. The summed E-state index contributed by atoms with van der Waals surface area (Å²) in [7, 11) is 0. The van der Waals surface area contributed by atoms with E-state index in [1.54, 1.807) is 4.90 Å². The van der Waals surface area contributed by atoms with Gasteiger partial charge in [-0.25, -0.2) is 0 Å². The summed E-state index contributed by atoms with van der Waals surface area (Å²) in [6.45, 7) is 1.75. The van der Waals surface area contributed by atoms with E-state index in [-0.39, 0.29) is 30.8 Å². The van der Waals surface area contributed by atoms with Gasteiger partial charge in [-0.05, 0) is 11.0 Å². The summed E-state index contributed by atoms with van der Waals surface area (Å²) in [5.41, 5.74) is 0. The lowest BCUT2D eigenvalue weighted by Crippen LogP contribution is -2.32. The molecule has 0 atom stereocenters. The molecule has 0 saturated carbocycles. The van der Waals surface area contributed by atoms with Gasteiger partial charge in [0.1, 0.15) is 0 Å². The normalized spacial score (nSPS) is 9.82. The van der Waals surface area contributed by atoms with Crippen molar-refractivity contribution in [3.63, 3.8) is 0 Å². The summed E-state index contributed by atoms with van der Waals surface area (Å²) < 4.78 is 0. The van der Waals surface area contributed by atoms with Crippen molar-refractivity contribution >= 4 is 11.0 Å². The number of nitrogens with zero attached hydrogens (tertiary/aromatic N) is 1. The van der Waals surface area contributed by atoms with Gasteiger partial charge in [0, 0.05) is 19.6 Å². The van der Waals surface area contributed by atoms with Gasteiger partial charge in [-0.1, -0.05) is 0 Å². The van der Waals surface area contributed by atoms with Crippen molar-refractivity contribution in [2.24, 2.45) is 0 Å². The Labute approximate surface area is 71.5 Å². The predicted molar refractivity (Wildman–Crippen MR) is 49.0 cm³/mol. The van der Waals surface area contributed by atoms with Crippen LogP contribution in [0.1, 0.15) is 0 Å². The molecule has 0 aliphatic carbocycles. The van der Waals surface area contributed by atoms with E-state index < -0.39 is 0 Å². The third kappa shape index (κ3) is 7.96. The topological polar surface area (TPSA) is 63.9 Å². The van der Waals surface area contributed by atoms with Crippen LogP contribution in [0.3, 0.4) is 0 Å². The lowest BCUT2D eigenvalue weighted by atomic mass is 10.4. The zero-order valence-electron chi connectivity index (χ0n) is 6.03. The van der Waals surface area contributed by atoms with Crippen LogP contribution in [0, 0.1) is 0 Å². The van der Waals surface area contributed by atoms with E-state index in [1.807, 2.05) is 0 Å². The summed E-state index contributed by atoms with van der Waals surface area (Å²) >= 11 is 0. The molecule has 0 aromatic carbocycles. The van der Waals surface area contributed by atoms with Gasteiger partial charge in [0.15, 0.2) is 0 Å². The van der Waals surface area contributed by atoms with E-state index in [0.29, 0.717) is 19.6 Å². The van der Waals surface area contributed by atoms with Crippen LogP contribution < -0.4 is 0 Å². The molecule has 0 fully saturated rings. The molecular formula is C6H19NO3Si. The molecule has 0 heterocycles. The Bertz CT molecular complexity index is 60.6. The van der Waals surface area contributed by atoms with Gasteiger partial charge in [-0.3, -0.25) is 4.90 Å². The number of aliphatic hydroxyl groups excluding tert-OH is 3. The van der Waals surface area contributed by atoms with Gasteiger partial charge in [-0.2, -0.15) is 0 Å². The van der Waals surface area contributed by atoms with Crippen LogP contribution in [-0.4, -0.2) is 70.6 Å². The lowest BCUT2D eigenvalue weighted by Gasteiger charge is -2.17. The number of hydrogen-bond donors (Lipinski definition) is 3. The first kappa shape index (κ1) is 13.6. The van der Waals surface area contributed by atoms with Crippen molar-refractivity contribution in [3.05, 3.63) is 0 Å². The van der Waals surface area contributed by atoms with Crippen molar-refractivity contribution < 1.29 is 15.3 Å². The van der Waals surface area contributed by atoms with Crippen LogP contribution in [0.4, 0.5) is 0 Å². The minimum absolute atomic E-state index is 0. The zero-order valence-corrected chi connectivity index (χ0v) is 6.03. The summed E-state index contributed by atoms with van der Waals surface area (Å²) in [6.07, 6.45) is 0. The molecule has 5 heteroatoms. The van der Waals surface area contributed by atoms with Crippen LogP contribution in [-0.2, 0) is 0 Å². The summed E-state index contributed by atoms with van der Waals surface area (Å²) in [6, 6.07) is 0. The summed E-state index contributed by atoms with van der Waals surface area (Å²) in [4.78, 5) is 1.79. The highest BCUT2D eigenvalue weighted by Crippen LogP contribution is 1.84. The Balaban J connectivity index is 0. The molecule has 3 N–H and O–H groups in total. The largest absolute Gasteiger partial charge is 0.395 e. The first-order chi connectivity index (χ1) is 4.85. The lowest BCUT2D eigenvalue weighted by molar-refractivity contribution is 0.136. The molecule has 0 bridgehead atoms. The van der Waals surface area contributed by atoms with Gasteiger partial charge >= 0.3 is 0 Å². The Morgan fingerprint density at radius 3 is 1.18 bits per heavy atom. The van der Waals surface area contributed by atoms with E-state index in [2.05, 4.69) is 0 Å². The molecule has 0 aromatic rings. The first-order valence-corrected chi connectivity index (χ1v) is 3.40. The molecule has 4 nitrogen and oxygen atoms in total. The molecule has 70 valence electrons. The standard InChI is InChI=1S/C6H15NO3.H4Si/c8-4-1-7(2-5-9)3-6-10;/h8-10H,1-6H2;1H4. The van der Waals surface area contributed by atoms with Gasteiger partial charge < -0.3 is 15.3 Å². The van der Waals surface area contributed by atoms with Gasteiger partial charge in [0.05, 0.1) is 19.8 Å². The van der Waals surface area contributed by atoms with E-state index in [0.717, 1.165) is 0 Å². The van der Waals surface area contributed by atoms with Crippen molar-refractivity contribution in [1.82, 2.24) is 4.90 Å². The molecule has 11 heavy (non-hydrogen) atoms. The second-order valence-corrected chi connectivity index (χ2v) is 2.01. The van der Waals surface area contributed by atoms with Crippen LogP contribution in [0.2, 0.25) is 0 Å². The third-order valence-electron chi connectivity index (χ3n) is 1.25. The highest BCUT2D eigenvalue weighted by molar-refractivity contribution is 5.75. The fourth-order valence-electron chi connectivity index (χ4n) is 0.760. The average molecular weight is 181 g/mol. The molecule has 0 rings (SSSR count). The van der Waals surface area contributed by atoms with Crippen LogP contribution in [0.15, 0.2) is 0 Å². The number of rotatable bonds is 6. The fourth-order valence-corrected chi connectivity index (χ4v) is 0.760. The first-order valence-electron chi connectivity index (χ1n) is 3.40. The molecule has 0 unspecified atom stereocenters. The molecule has 0 radical (unpaired) electrons. The van der Waals surface area contributed by atoms with Crippen LogP contribution in [0.5, 0.6) is 0 Å². The van der Waals surface area contributed by atoms with E-state index in [1.165, 1.54) is 0 Å². The van der Waals surface area contributed by atoms with Crippen LogP contribution >= 0.6 is 0 Å². The zero-order chi connectivity index (χ0) is 7.82. The molecule has 0 spiro atoms. The highest BCUT2D eigenvalue weighted by Gasteiger charge is 2.00. The maximum Gasteiger partial charge on any atom is 0.0558 e. The van der Waals surface area contributed by atoms with Crippen molar-refractivity contribution in [2.75, 3.05) is 39.5 Å². The second kappa shape index (κ2) is 10.1.